The summed E-state index contributed by atoms with van der Waals surface area (Å²) in [5.74, 6) is -0.346. The van der Waals surface area contributed by atoms with Gasteiger partial charge in [-0.05, 0) is 24.1 Å². The van der Waals surface area contributed by atoms with Crippen molar-refractivity contribution in [3.8, 4) is 0 Å². The fraction of sp³-hybridized carbons (Fsp3) is 0.417. The Morgan fingerprint density at radius 1 is 1.50 bits per heavy atom. The lowest BCUT2D eigenvalue weighted by atomic mass is 10.1. The Hall–Kier alpha value is -1.40. The summed E-state index contributed by atoms with van der Waals surface area (Å²) in [5, 5.41) is 2.68. The summed E-state index contributed by atoms with van der Waals surface area (Å²) >= 11 is 0. The summed E-state index contributed by atoms with van der Waals surface area (Å²) in [7, 11) is -3.17. The minimum absolute atomic E-state index is 0.152. The van der Waals surface area contributed by atoms with Gasteiger partial charge in [0.25, 0.3) is 0 Å². The van der Waals surface area contributed by atoms with Gasteiger partial charge in [-0.3, -0.25) is 4.79 Å². The number of carbonyl (C=O) groups is 1. The van der Waals surface area contributed by atoms with E-state index < -0.39 is 9.84 Å². The summed E-state index contributed by atoms with van der Waals surface area (Å²) < 4.78 is 23.5. The maximum Gasteiger partial charge on any atom is 0.228 e. The number of nitrogens with two attached hydrogens (primary N) is 1. The molecule has 6 heteroatoms. The largest absolute Gasteiger partial charge is 0.330 e. The highest BCUT2D eigenvalue weighted by atomic mass is 32.2. The van der Waals surface area contributed by atoms with Gasteiger partial charge < -0.3 is 11.1 Å². The van der Waals surface area contributed by atoms with Gasteiger partial charge >= 0.3 is 0 Å². The van der Waals surface area contributed by atoms with Crippen LogP contribution < -0.4 is 11.1 Å². The number of benzene rings is 1. The number of hydrogen-bond donors (Lipinski definition) is 2. The molecule has 1 amide bonds. The Bertz CT molecular complexity index is 581. The fourth-order valence-electron chi connectivity index (χ4n) is 1.86. The highest BCUT2D eigenvalue weighted by molar-refractivity contribution is 7.91. The van der Waals surface area contributed by atoms with Crippen LogP contribution in [0, 0.1) is 5.92 Å². The monoisotopic (exact) mass is 268 g/mol. The molecule has 1 unspecified atom stereocenters. The van der Waals surface area contributed by atoms with Gasteiger partial charge in [0.1, 0.15) is 0 Å². The second kappa shape index (κ2) is 4.70. The van der Waals surface area contributed by atoms with E-state index in [1.54, 1.807) is 19.1 Å². The predicted molar refractivity (Wildman–Crippen MR) is 69.0 cm³/mol. The van der Waals surface area contributed by atoms with Crippen molar-refractivity contribution < 1.29 is 13.2 Å². The molecule has 1 aromatic rings. The van der Waals surface area contributed by atoms with Crippen molar-refractivity contribution in [2.24, 2.45) is 11.7 Å². The predicted octanol–water partition coefficient (Wildman–Crippen LogP) is 0.550. The molecule has 0 spiro atoms. The molecule has 1 aliphatic rings. The number of fused-ring (bicyclic) bond motifs is 1. The van der Waals surface area contributed by atoms with Crippen molar-refractivity contribution in [3.63, 3.8) is 0 Å². The molecule has 2 rings (SSSR count). The first-order valence-corrected chi connectivity index (χ1v) is 7.46. The van der Waals surface area contributed by atoms with E-state index in [0.717, 1.165) is 5.56 Å². The molecule has 1 aliphatic heterocycles. The van der Waals surface area contributed by atoms with Crippen molar-refractivity contribution >= 4 is 21.4 Å². The lowest BCUT2D eigenvalue weighted by Crippen LogP contribution is -2.26. The van der Waals surface area contributed by atoms with Crippen LogP contribution in [-0.4, -0.2) is 26.6 Å². The van der Waals surface area contributed by atoms with Gasteiger partial charge in [0.15, 0.2) is 9.84 Å². The van der Waals surface area contributed by atoms with Crippen molar-refractivity contribution in [2.75, 3.05) is 17.6 Å². The first-order chi connectivity index (χ1) is 8.44. The Balaban J connectivity index is 2.25. The molecule has 0 bridgehead atoms. The average Bonchev–Trinajstić information content (AvgIpc) is 2.64. The van der Waals surface area contributed by atoms with E-state index in [1.165, 1.54) is 6.07 Å². The first-order valence-electron chi connectivity index (χ1n) is 5.80. The lowest BCUT2D eigenvalue weighted by molar-refractivity contribution is -0.119. The molecule has 5 nitrogen and oxygen atoms in total. The highest BCUT2D eigenvalue weighted by Gasteiger charge is 2.26. The Kier molecular flexibility index (Phi) is 3.41. The minimum Gasteiger partial charge on any atom is -0.330 e. The topological polar surface area (TPSA) is 89.3 Å². The van der Waals surface area contributed by atoms with Gasteiger partial charge in [-0.2, -0.15) is 0 Å². The molecular formula is C12H16N2O3S. The Labute approximate surface area is 106 Å². The number of anilines is 1. The zero-order valence-electron chi connectivity index (χ0n) is 10.1. The van der Waals surface area contributed by atoms with E-state index in [-0.39, 0.29) is 24.1 Å². The first kappa shape index (κ1) is 13.0. The number of rotatable bonds is 3. The molecule has 0 fully saturated rings. The van der Waals surface area contributed by atoms with E-state index in [4.69, 9.17) is 5.73 Å². The molecular weight excluding hydrogens is 252 g/mol. The smallest absolute Gasteiger partial charge is 0.228 e. The molecule has 0 saturated heterocycles. The normalized spacial score (nSPS) is 18.1. The van der Waals surface area contributed by atoms with Crippen LogP contribution >= 0.6 is 0 Å². The summed E-state index contributed by atoms with van der Waals surface area (Å²) in [6.07, 6.45) is 0.547. The highest BCUT2D eigenvalue weighted by Crippen LogP contribution is 2.28. The third-order valence-electron chi connectivity index (χ3n) is 3.11. The van der Waals surface area contributed by atoms with Crippen molar-refractivity contribution in [3.05, 3.63) is 23.8 Å². The fourth-order valence-corrected chi connectivity index (χ4v) is 3.44. The molecule has 1 atom stereocenters. The van der Waals surface area contributed by atoms with Crippen LogP contribution in [0.15, 0.2) is 23.1 Å². The van der Waals surface area contributed by atoms with Gasteiger partial charge in [0, 0.05) is 18.2 Å². The van der Waals surface area contributed by atoms with Crippen molar-refractivity contribution in [2.45, 2.75) is 18.2 Å². The van der Waals surface area contributed by atoms with E-state index in [2.05, 4.69) is 5.32 Å². The summed E-state index contributed by atoms with van der Waals surface area (Å²) in [4.78, 5) is 12.0. The Morgan fingerprint density at radius 3 is 2.89 bits per heavy atom. The van der Waals surface area contributed by atoms with Crippen LogP contribution in [0.3, 0.4) is 0 Å². The number of aryl methyl sites for hydroxylation is 1. The standard InChI is InChI=1S/C12H16N2O3S/c1-8(7-13)12(15)14-10-3-2-9-4-5-18(16,17)11(9)6-10/h2-3,6,8H,4-5,7,13H2,1H3,(H,14,15). The van der Waals surface area contributed by atoms with E-state index >= 15 is 0 Å². The summed E-state index contributed by atoms with van der Waals surface area (Å²) in [6.45, 7) is 1.98. The van der Waals surface area contributed by atoms with Gasteiger partial charge in [0.2, 0.25) is 5.91 Å². The van der Waals surface area contributed by atoms with Crippen LogP contribution in [0.5, 0.6) is 0 Å². The van der Waals surface area contributed by atoms with Gasteiger partial charge in [0.05, 0.1) is 10.6 Å². The Morgan fingerprint density at radius 2 is 2.22 bits per heavy atom. The van der Waals surface area contributed by atoms with Gasteiger partial charge in [-0.25, -0.2) is 8.42 Å². The maximum atomic E-state index is 11.7. The minimum atomic E-state index is -3.17. The molecule has 1 aromatic carbocycles. The van der Waals surface area contributed by atoms with Crippen molar-refractivity contribution in [1.29, 1.82) is 0 Å². The number of carbonyl (C=O) groups excluding carboxylic acids is 1. The van der Waals surface area contributed by atoms with Crippen LogP contribution in [0.4, 0.5) is 5.69 Å². The molecule has 98 valence electrons. The number of hydrogen-bond acceptors (Lipinski definition) is 4. The molecule has 0 saturated carbocycles. The van der Waals surface area contributed by atoms with E-state index in [9.17, 15) is 13.2 Å². The zero-order chi connectivity index (χ0) is 13.3. The number of amides is 1. The molecule has 1 heterocycles. The third kappa shape index (κ3) is 2.39. The summed E-state index contributed by atoms with van der Waals surface area (Å²) in [6, 6.07) is 5.00. The van der Waals surface area contributed by atoms with Crippen LogP contribution in [0.25, 0.3) is 0 Å². The number of sulfone groups is 1. The number of nitrogens with one attached hydrogen (secondary N) is 1. The second-order valence-electron chi connectivity index (χ2n) is 4.52. The lowest BCUT2D eigenvalue weighted by Gasteiger charge is -2.10. The molecule has 0 radical (unpaired) electrons. The second-order valence-corrected chi connectivity index (χ2v) is 6.59. The van der Waals surface area contributed by atoms with Gasteiger partial charge in [-0.15, -0.1) is 0 Å². The van der Waals surface area contributed by atoms with Crippen LogP contribution in [0.1, 0.15) is 12.5 Å². The average molecular weight is 268 g/mol. The van der Waals surface area contributed by atoms with E-state index in [1.807, 2.05) is 0 Å². The van der Waals surface area contributed by atoms with Crippen LogP contribution in [-0.2, 0) is 21.1 Å². The van der Waals surface area contributed by atoms with Gasteiger partial charge in [-0.1, -0.05) is 13.0 Å². The third-order valence-corrected chi connectivity index (χ3v) is 4.90. The summed E-state index contributed by atoms with van der Waals surface area (Å²) in [5.41, 5.74) is 6.73. The molecule has 3 N–H and O–H groups in total. The molecule has 0 aliphatic carbocycles. The van der Waals surface area contributed by atoms with E-state index in [0.29, 0.717) is 17.0 Å². The quantitative estimate of drug-likeness (QED) is 0.837. The zero-order valence-corrected chi connectivity index (χ0v) is 11.0. The molecule has 0 aromatic heterocycles. The maximum absolute atomic E-state index is 11.7. The van der Waals surface area contributed by atoms with Crippen molar-refractivity contribution in [1.82, 2.24) is 0 Å². The van der Waals surface area contributed by atoms with Crippen LogP contribution in [0.2, 0.25) is 0 Å². The molecule has 18 heavy (non-hydrogen) atoms. The SMILES string of the molecule is CC(CN)C(=O)Nc1ccc2c(c1)S(=O)(=O)CC2.